The summed E-state index contributed by atoms with van der Waals surface area (Å²) >= 11 is 3.11. The number of alkyl carbamates (subject to hydrolysis) is 1. The number of aromatic nitrogens is 1. The third-order valence-corrected chi connectivity index (χ3v) is 4.42. The van der Waals surface area contributed by atoms with Crippen LogP contribution in [0.5, 0.6) is 0 Å². The van der Waals surface area contributed by atoms with Crippen LogP contribution in [-0.4, -0.2) is 49.4 Å². The maximum Gasteiger partial charge on any atom is 0.407 e. The Labute approximate surface area is 149 Å². The van der Waals surface area contributed by atoms with Gasteiger partial charge in [-0.1, -0.05) is 0 Å². The van der Waals surface area contributed by atoms with E-state index in [1.165, 1.54) is 12.3 Å². The number of nitrogens with two attached hydrogens (primary N) is 1. The van der Waals surface area contributed by atoms with Crippen LogP contribution < -0.4 is 15.8 Å². The van der Waals surface area contributed by atoms with Crippen LogP contribution in [0.1, 0.15) is 20.8 Å². The SMILES string of the molecule is CC(C)(C)NC(=O)OCC(O)CNS(=O)(=O)c1cc(Br)cnc1N. The van der Waals surface area contributed by atoms with Crippen LogP contribution >= 0.6 is 15.9 Å². The van der Waals surface area contributed by atoms with E-state index in [2.05, 4.69) is 31.0 Å². The fraction of sp³-hybridized carbons (Fsp3) is 0.538. The first-order chi connectivity index (χ1) is 10.9. The molecule has 136 valence electrons. The van der Waals surface area contributed by atoms with Gasteiger partial charge in [-0.2, -0.15) is 0 Å². The Morgan fingerprint density at radius 1 is 1.50 bits per heavy atom. The van der Waals surface area contributed by atoms with Gasteiger partial charge in [0, 0.05) is 22.8 Å². The number of pyridine rings is 1. The molecule has 24 heavy (non-hydrogen) atoms. The average molecular weight is 425 g/mol. The zero-order chi connectivity index (χ0) is 18.5. The lowest BCUT2D eigenvalue weighted by atomic mass is 10.1. The van der Waals surface area contributed by atoms with Crippen LogP contribution in [-0.2, 0) is 14.8 Å². The van der Waals surface area contributed by atoms with Crippen molar-refractivity contribution >= 4 is 37.9 Å². The highest BCUT2D eigenvalue weighted by atomic mass is 79.9. The summed E-state index contributed by atoms with van der Waals surface area (Å²) < 4.78 is 31.7. The third-order valence-electron chi connectivity index (χ3n) is 2.53. The number of hydrogen-bond donors (Lipinski definition) is 4. The van der Waals surface area contributed by atoms with E-state index in [0.717, 1.165) is 0 Å². The molecule has 0 aliphatic carbocycles. The summed E-state index contributed by atoms with van der Waals surface area (Å²) in [5.41, 5.74) is 5.07. The lowest BCUT2D eigenvalue weighted by molar-refractivity contribution is 0.0676. The Kier molecular flexibility index (Phi) is 6.96. The minimum atomic E-state index is -3.96. The number of aliphatic hydroxyl groups is 1. The molecule has 0 bridgehead atoms. The molecule has 1 atom stereocenters. The summed E-state index contributed by atoms with van der Waals surface area (Å²) in [5.74, 6) is -0.166. The molecule has 0 radical (unpaired) electrons. The molecular weight excluding hydrogens is 404 g/mol. The Balaban J connectivity index is 2.56. The summed E-state index contributed by atoms with van der Waals surface area (Å²) in [6, 6.07) is 1.30. The molecule has 9 nitrogen and oxygen atoms in total. The number of ether oxygens (including phenoxy) is 1. The van der Waals surface area contributed by atoms with Gasteiger partial charge in [-0.15, -0.1) is 0 Å². The second-order valence-corrected chi connectivity index (χ2v) is 8.67. The van der Waals surface area contributed by atoms with Crippen LogP contribution in [0.4, 0.5) is 10.6 Å². The molecule has 1 amide bonds. The molecule has 1 aromatic heterocycles. The number of hydrogen-bond acceptors (Lipinski definition) is 7. The summed E-state index contributed by atoms with van der Waals surface area (Å²) in [5, 5.41) is 12.3. The maximum atomic E-state index is 12.2. The van der Waals surface area contributed by atoms with Gasteiger partial charge in [0.2, 0.25) is 10.0 Å². The Bertz CT molecular complexity index is 690. The van der Waals surface area contributed by atoms with E-state index in [1.54, 1.807) is 20.8 Å². The second-order valence-electron chi connectivity index (χ2n) is 6.02. The molecule has 1 unspecified atom stereocenters. The smallest absolute Gasteiger partial charge is 0.407 e. The van der Waals surface area contributed by atoms with Crippen molar-refractivity contribution < 1.29 is 23.1 Å². The molecule has 1 heterocycles. The zero-order valence-corrected chi connectivity index (χ0v) is 15.9. The number of nitrogen functional groups attached to an aromatic ring is 1. The lowest BCUT2D eigenvalue weighted by Gasteiger charge is -2.20. The number of rotatable bonds is 6. The van der Waals surface area contributed by atoms with E-state index >= 15 is 0 Å². The van der Waals surface area contributed by atoms with Crippen molar-refractivity contribution in [3.63, 3.8) is 0 Å². The van der Waals surface area contributed by atoms with Gasteiger partial charge in [-0.05, 0) is 42.8 Å². The lowest BCUT2D eigenvalue weighted by Crippen LogP contribution is -2.42. The quantitative estimate of drug-likeness (QED) is 0.522. The number of carbonyl (C=O) groups excluding carboxylic acids is 1. The van der Waals surface area contributed by atoms with Crippen LogP contribution in [0, 0.1) is 0 Å². The van der Waals surface area contributed by atoms with Crippen LogP contribution in [0.3, 0.4) is 0 Å². The van der Waals surface area contributed by atoms with Gasteiger partial charge in [-0.3, -0.25) is 0 Å². The number of sulfonamides is 1. The molecule has 0 spiro atoms. The van der Waals surface area contributed by atoms with Crippen LogP contribution in [0.25, 0.3) is 0 Å². The standard InChI is InChI=1S/C13H21BrN4O5S/c1-13(2,3)18-12(20)23-7-9(19)6-17-24(21,22)10-4-8(14)5-16-11(10)15/h4-5,9,17,19H,6-7H2,1-3H3,(H2,15,16)(H,18,20). The monoisotopic (exact) mass is 424 g/mol. The molecule has 11 heteroatoms. The van der Waals surface area contributed by atoms with E-state index in [-0.39, 0.29) is 23.9 Å². The molecule has 0 aromatic carbocycles. The van der Waals surface area contributed by atoms with Crippen molar-refractivity contribution in [2.45, 2.75) is 37.3 Å². The molecule has 0 aliphatic rings. The van der Waals surface area contributed by atoms with Gasteiger partial charge in [0.15, 0.2) is 0 Å². The van der Waals surface area contributed by atoms with Crippen molar-refractivity contribution in [1.82, 2.24) is 15.0 Å². The fourth-order valence-electron chi connectivity index (χ4n) is 1.50. The van der Waals surface area contributed by atoms with Gasteiger partial charge in [-0.25, -0.2) is 22.9 Å². The topological polar surface area (TPSA) is 144 Å². The number of halogens is 1. The first kappa shape index (κ1) is 20.6. The largest absolute Gasteiger partial charge is 0.447 e. The molecule has 1 rings (SSSR count). The number of nitrogens with zero attached hydrogens (tertiary/aromatic N) is 1. The van der Waals surface area contributed by atoms with Gasteiger partial charge in [0.05, 0.1) is 0 Å². The molecule has 0 fully saturated rings. The highest BCUT2D eigenvalue weighted by molar-refractivity contribution is 9.10. The van der Waals surface area contributed by atoms with Crippen molar-refractivity contribution in [3.8, 4) is 0 Å². The van der Waals surface area contributed by atoms with E-state index in [1.807, 2.05) is 0 Å². The van der Waals surface area contributed by atoms with Crippen LogP contribution in [0.15, 0.2) is 21.6 Å². The Morgan fingerprint density at radius 3 is 2.71 bits per heavy atom. The van der Waals surface area contributed by atoms with E-state index < -0.39 is 27.8 Å². The van der Waals surface area contributed by atoms with Crippen molar-refractivity contribution in [2.24, 2.45) is 0 Å². The Hall–Kier alpha value is -1.43. The summed E-state index contributed by atoms with van der Waals surface area (Å²) in [6.07, 6.45) is -0.554. The van der Waals surface area contributed by atoms with E-state index in [4.69, 9.17) is 10.5 Å². The van der Waals surface area contributed by atoms with Crippen molar-refractivity contribution in [1.29, 1.82) is 0 Å². The normalized spacial score (nSPS) is 13.4. The molecule has 0 aliphatic heterocycles. The number of anilines is 1. The number of aliphatic hydroxyl groups excluding tert-OH is 1. The average Bonchev–Trinajstić information content (AvgIpc) is 2.43. The molecular formula is C13H21BrN4O5S. The minimum absolute atomic E-state index is 0.166. The van der Waals surface area contributed by atoms with E-state index in [0.29, 0.717) is 4.47 Å². The highest BCUT2D eigenvalue weighted by Gasteiger charge is 2.21. The Morgan fingerprint density at radius 2 is 2.12 bits per heavy atom. The summed E-state index contributed by atoms with van der Waals surface area (Å²) in [4.78, 5) is 15.0. The third kappa shape index (κ3) is 6.99. The first-order valence-corrected chi connectivity index (χ1v) is 9.22. The fourth-order valence-corrected chi connectivity index (χ4v) is 3.16. The van der Waals surface area contributed by atoms with E-state index in [9.17, 15) is 18.3 Å². The number of nitrogens with one attached hydrogen (secondary N) is 2. The first-order valence-electron chi connectivity index (χ1n) is 6.94. The molecule has 0 saturated carbocycles. The number of carbonyl (C=O) groups is 1. The second kappa shape index (κ2) is 8.10. The predicted octanol–water partition coefficient (Wildman–Crippen LogP) is 0.590. The molecule has 1 aromatic rings. The molecule has 5 N–H and O–H groups in total. The minimum Gasteiger partial charge on any atom is -0.447 e. The van der Waals surface area contributed by atoms with Crippen LogP contribution in [0.2, 0.25) is 0 Å². The highest BCUT2D eigenvalue weighted by Crippen LogP contribution is 2.20. The predicted molar refractivity (Wildman–Crippen MR) is 91.8 cm³/mol. The number of amides is 1. The molecule has 0 saturated heterocycles. The maximum absolute atomic E-state index is 12.2. The van der Waals surface area contributed by atoms with Gasteiger partial charge < -0.3 is 20.9 Å². The van der Waals surface area contributed by atoms with Crippen molar-refractivity contribution in [2.75, 3.05) is 18.9 Å². The summed E-state index contributed by atoms with van der Waals surface area (Å²) in [7, 11) is -3.96. The van der Waals surface area contributed by atoms with Gasteiger partial charge in [0.25, 0.3) is 0 Å². The summed E-state index contributed by atoms with van der Waals surface area (Å²) in [6.45, 7) is 4.60. The zero-order valence-electron chi connectivity index (χ0n) is 13.5. The van der Waals surface area contributed by atoms with Gasteiger partial charge >= 0.3 is 6.09 Å². The van der Waals surface area contributed by atoms with Crippen molar-refractivity contribution in [3.05, 3.63) is 16.7 Å². The van der Waals surface area contributed by atoms with Gasteiger partial charge in [0.1, 0.15) is 23.4 Å².